The Morgan fingerprint density at radius 1 is 1.30 bits per heavy atom. The van der Waals surface area contributed by atoms with Crippen LogP contribution in [0.5, 0.6) is 0 Å². The van der Waals surface area contributed by atoms with Gasteiger partial charge in [0, 0.05) is 18.5 Å². The normalized spacial score (nSPS) is 12.3. The van der Waals surface area contributed by atoms with Gasteiger partial charge in [0.2, 0.25) is 5.91 Å². The van der Waals surface area contributed by atoms with Gasteiger partial charge in [-0.3, -0.25) is 4.79 Å². The average molecular weight is 288 g/mol. The standard InChI is InChI=1S/C14H19F3N2O/c1-13(2,18)7-6-12(20)19-9-10-4-3-5-11(8-10)14(15,16)17/h3-5,8H,6-7,9,18H2,1-2H3,(H,19,20). The molecule has 3 nitrogen and oxygen atoms in total. The largest absolute Gasteiger partial charge is 0.416 e. The number of nitrogens with two attached hydrogens (primary N) is 1. The number of nitrogens with one attached hydrogen (secondary N) is 1. The Hall–Kier alpha value is -1.56. The van der Waals surface area contributed by atoms with Gasteiger partial charge in [-0.2, -0.15) is 13.2 Å². The van der Waals surface area contributed by atoms with Crippen LogP contribution in [0.3, 0.4) is 0 Å². The number of alkyl halides is 3. The van der Waals surface area contributed by atoms with Crippen LogP contribution in [0.1, 0.15) is 37.8 Å². The van der Waals surface area contributed by atoms with Crippen molar-refractivity contribution in [3.8, 4) is 0 Å². The highest BCUT2D eigenvalue weighted by atomic mass is 19.4. The molecule has 0 bridgehead atoms. The minimum Gasteiger partial charge on any atom is -0.352 e. The van der Waals surface area contributed by atoms with E-state index < -0.39 is 17.3 Å². The van der Waals surface area contributed by atoms with Crippen LogP contribution in [-0.2, 0) is 17.5 Å². The second kappa shape index (κ2) is 6.26. The fraction of sp³-hybridized carbons (Fsp3) is 0.500. The molecule has 1 rings (SSSR count). The van der Waals surface area contributed by atoms with Gasteiger partial charge in [0.15, 0.2) is 0 Å². The number of hydrogen-bond donors (Lipinski definition) is 2. The van der Waals surface area contributed by atoms with Crippen molar-refractivity contribution in [2.45, 2.75) is 44.9 Å². The van der Waals surface area contributed by atoms with Crippen LogP contribution in [0.2, 0.25) is 0 Å². The number of benzene rings is 1. The van der Waals surface area contributed by atoms with Crippen LogP contribution in [0.15, 0.2) is 24.3 Å². The zero-order valence-electron chi connectivity index (χ0n) is 11.6. The van der Waals surface area contributed by atoms with Crippen LogP contribution in [0.4, 0.5) is 13.2 Å². The maximum atomic E-state index is 12.5. The summed E-state index contributed by atoms with van der Waals surface area (Å²) in [7, 11) is 0. The maximum absolute atomic E-state index is 12.5. The Morgan fingerprint density at radius 2 is 1.95 bits per heavy atom. The Bertz CT molecular complexity index is 464. The van der Waals surface area contributed by atoms with Gasteiger partial charge in [-0.15, -0.1) is 0 Å². The Balaban J connectivity index is 2.52. The molecule has 0 atom stereocenters. The molecular weight excluding hydrogens is 269 g/mol. The molecule has 0 saturated heterocycles. The molecule has 0 radical (unpaired) electrons. The summed E-state index contributed by atoms with van der Waals surface area (Å²) < 4.78 is 37.6. The predicted molar refractivity (Wildman–Crippen MR) is 70.8 cm³/mol. The molecule has 0 heterocycles. The number of halogens is 3. The quantitative estimate of drug-likeness (QED) is 0.875. The Kier molecular flexibility index (Phi) is 5.16. The molecule has 0 fully saturated rings. The number of amides is 1. The van der Waals surface area contributed by atoms with Gasteiger partial charge in [-0.1, -0.05) is 12.1 Å². The molecule has 1 aromatic carbocycles. The van der Waals surface area contributed by atoms with Gasteiger partial charge in [0.25, 0.3) is 0 Å². The third-order valence-electron chi connectivity index (χ3n) is 2.74. The van der Waals surface area contributed by atoms with Crippen molar-refractivity contribution in [3.05, 3.63) is 35.4 Å². The molecule has 0 unspecified atom stereocenters. The van der Waals surface area contributed by atoms with Gasteiger partial charge in [-0.25, -0.2) is 0 Å². The minimum atomic E-state index is -4.37. The number of carbonyl (C=O) groups is 1. The highest BCUT2D eigenvalue weighted by Gasteiger charge is 2.30. The minimum absolute atomic E-state index is 0.0771. The summed E-state index contributed by atoms with van der Waals surface area (Å²) in [5.41, 5.74) is 5.02. The van der Waals surface area contributed by atoms with Crippen LogP contribution in [0, 0.1) is 0 Å². The van der Waals surface area contributed by atoms with E-state index in [9.17, 15) is 18.0 Å². The van der Waals surface area contributed by atoms with Crippen LogP contribution in [-0.4, -0.2) is 11.4 Å². The first kappa shape index (κ1) is 16.5. The van der Waals surface area contributed by atoms with Crippen molar-refractivity contribution in [1.29, 1.82) is 0 Å². The second-order valence-corrected chi connectivity index (χ2v) is 5.46. The third kappa shape index (κ3) is 6.06. The van der Waals surface area contributed by atoms with E-state index in [1.807, 2.05) is 13.8 Å². The summed E-state index contributed by atoms with van der Waals surface area (Å²) in [6.07, 6.45) is -3.60. The van der Waals surface area contributed by atoms with Gasteiger partial charge >= 0.3 is 6.18 Å². The Labute approximate surface area is 116 Å². The van der Waals surface area contributed by atoms with E-state index in [-0.39, 0.29) is 18.9 Å². The van der Waals surface area contributed by atoms with Gasteiger partial charge in [-0.05, 0) is 38.0 Å². The molecule has 0 spiro atoms. The predicted octanol–water partition coefficient (Wildman–Crippen LogP) is 2.84. The van der Waals surface area contributed by atoms with Crippen molar-refractivity contribution in [2.75, 3.05) is 0 Å². The summed E-state index contributed by atoms with van der Waals surface area (Å²) in [5.74, 6) is -0.221. The van der Waals surface area contributed by atoms with Gasteiger partial charge in [0.05, 0.1) is 5.56 Å². The fourth-order valence-electron chi connectivity index (χ4n) is 1.58. The first-order valence-electron chi connectivity index (χ1n) is 6.30. The van der Waals surface area contributed by atoms with E-state index in [4.69, 9.17) is 5.73 Å². The SMILES string of the molecule is CC(C)(N)CCC(=O)NCc1cccc(C(F)(F)F)c1. The summed E-state index contributed by atoms with van der Waals surface area (Å²) in [6, 6.07) is 4.91. The third-order valence-corrected chi connectivity index (χ3v) is 2.74. The lowest BCUT2D eigenvalue weighted by atomic mass is 10.00. The van der Waals surface area contributed by atoms with Crippen LogP contribution < -0.4 is 11.1 Å². The summed E-state index contributed by atoms with van der Waals surface area (Å²) in [4.78, 5) is 11.6. The lowest BCUT2D eigenvalue weighted by Gasteiger charge is -2.17. The lowest BCUT2D eigenvalue weighted by Crippen LogP contribution is -2.34. The molecular formula is C14H19F3N2O. The topological polar surface area (TPSA) is 55.1 Å². The molecule has 0 saturated carbocycles. The van der Waals surface area contributed by atoms with Gasteiger partial charge in [0.1, 0.15) is 0 Å². The molecule has 6 heteroatoms. The average Bonchev–Trinajstić information content (AvgIpc) is 2.32. The van der Waals surface area contributed by atoms with E-state index in [0.29, 0.717) is 12.0 Å². The molecule has 0 aliphatic carbocycles. The lowest BCUT2D eigenvalue weighted by molar-refractivity contribution is -0.137. The second-order valence-electron chi connectivity index (χ2n) is 5.46. The molecule has 1 aromatic rings. The number of hydrogen-bond acceptors (Lipinski definition) is 2. The van der Waals surface area contributed by atoms with Crippen molar-refractivity contribution >= 4 is 5.91 Å². The van der Waals surface area contributed by atoms with E-state index >= 15 is 0 Å². The van der Waals surface area contributed by atoms with Crippen molar-refractivity contribution in [2.24, 2.45) is 5.73 Å². The van der Waals surface area contributed by atoms with Crippen LogP contribution >= 0.6 is 0 Å². The van der Waals surface area contributed by atoms with Crippen LogP contribution in [0.25, 0.3) is 0 Å². The zero-order valence-corrected chi connectivity index (χ0v) is 11.6. The molecule has 20 heavy (non-hydrogen) atoms. The van der Waals surface area contributed by atoms with E-state index in [1.54, 1.807) is 6.07 Å². The summed E-state index contributed by atoms with van der Waals surface area (Å²) in [6.45, 7) is 3.70. The molecule has 0 aromatic heterocycles. The van der Waals surface area contributed by atoms with E-state index in [0.717, 1.165) is 12.1 Å². The summed E-state index contributed by atoms with van der Waals surface area (Å²) >= 11 is 0. The molecule has 0 aliphatic rings. The highest BCUT2D eigenvalue weighted by molar-refractivity contribution is 5.75. The molecule has 112 valence electrons. The summed E-state index contributed by atoms with van der Waals surface area (Å²) in [5, 5.41) is 2.59. The highest BCUT2D eigenvalue weighted by Crippen LogP contribution is 2.29. The Morgan fingerprint density at radius 3 is 2.50 bits per heavy atom. The zero-order chi connectivity index (χ0) is 15.4. The molecule has 1 amide bonds. The molecule has 0 aliphatic heterocycles. The fourth-order valence-corrected chi connectivity index (χ4v) is 1.58. The van der Waals surface area contributed by atoms with Crippen molar-refractivity contribution in [1.82, 2.24) is 5.32 Å². The first-order chi connectivity index (χ1) is 9.08. The smallest absolute Gasteiger partial charge is 0.352 e. The number of carbonyl (C=O) groups excluding carboxylic acids is 1. The number of rotatable bonds is 5. The van der Waals surface area contributed by atoms with E-state index in [2.05, 4.69) is 5.32 Å². The monoisotopic (exact) mass is 288 g/mol. The van der Waals surface area contributed by atoms with Crippen molar-refractivity contribution in [3.63, 3.8) is 0 Å². The van der Waals surface area contributed by atoms with E-state index in [1.165, 1.54) is 6.07 Å². The molecule has 3 N–H and O–H groups in total. The van der Waals surface area contributed by atoms with Gasteiger partial charge < -0.3 is 11.1 Å². The van der Waals surface area contributed by atoms with Crippen molar-refractivity contribution < 1.29 is 18.0 Å². The maximum Gasteiger partial charge on any atom is 0.416 e. The first-order valence-corrected chi connectivity index (χ1v) is 6.30.